The molecule has 0 aliphatic carbocycles. The van der Waals surface area contributed by atoms with Crippen molar-refractivity contribution in [2.45, 2.75) is 20.0 Å². The highest BCUT2D eigenvalue weighted by atomic mass is 79.9. The van der Waals surface area contributed by atoms with E-state index in [1.165, 1.54) is 0 Å². The van der Waals surface area contributed by atoms with Crippen LogP contribution < -0.4 is 10.5 Å². The molecule has 0 aliphatic heterocycles. The van der Waals surface area contributed by atoms with Crippen molar-refractivity contribution in [3.63, 3.8) is 0 Å². The second-order valence-electron chi connectivity index (χ2n) is 4.28. The smallest absolute Gasteiger partial charge is 0.170 e. The maximum Gasteiger partial charge on any atom is 0.170 e. The van der Waals surface area contributed by atoms with Crippen LogP contribution in [0.25, 0.3) is 0 Å². The van der Waals surface area contributed by atoms with Crippen LogP contribution in [0.3, 0.4) is 0 Å². The molecule has 2 N–H and O–H groups in total. The Morgan fingerprint density at radius 3 is 2.79 bits per heavy atom. The van der Waals surface area contributed by atoms with Gasteiger partial charge in [0.25, 0.3) is 0 Å². The summed E-state index contributed by atoms with van der Waals surface area (Å²) < 4.78 is 8.72. The molecule has 0 fully saturated rings. The van der Waals surface area contributed by atoms with Crippen molar-refractivity contribution in [2.75, 3.05) is 6.54 Å². The van der Waals surface area contributed by atoms with Crippen molar-refractivity contribution in [2.24, 2.45) is 12.8 Å². The zero-order chi connectivity index (χ0) is 13.8. The number of nitrogens with two attached hydrogens (primary N) is 1. The number of ether oxygens (including phenoxy) is 1. The minimum absolute atomic E-state index is 0.386. The van der Waals surface area contributed by atoms with Crippen molar-refractivity contribution < 1.29 is 4.74 Å². The van der Waals surface area contributed by atoms with Crippen molar-refractivity contribution in [1.29, 1.82) is 0 Å². The molecule has 1 aromatic heterocycles. The zero-order valence-electron chi connectivity index (χ0n) is 11.1. The van der Waals surface area contributed by atoms with E-state index in [1.807, 2.05) is 36.7 Å². The predicted molar refractivity (Wildman–Crippen MR) is 77.0 cm³/mol. The van der Waals surface area contributed by atoms with E-state index in [0.29, 0.717) is 13.2 Å². The topological polar surface area (TPSA) is 66.0 Å². The molecule has 2 aromatic rings. The third-order valence-electron chi connectivity index (χ3n) is 2.99. The molecule has 0 aliphatic rings. The largest absolute Gasteiger partial charge is 0.484 e. The van der Waals surface area contributed by atoms with E-state index in [-0.39, 0.29) is 0 Å². The van der Waals surface area contributed by atoms with E-state index < -0.39 is 0 Å². The summed E-state index contributed by atoms with van der Waals surface area (Å²) in [5.41, 5.74) is 6.71. The summed E-state index contributed by atoms with van der Waals surface area (Å²) in [5.74, 6) is 2.49. The van der Waals surface area contributed by atoms with Gasteiger partial charge in [-0.15, -0.1) is 10.2 Å². The number of aromatic nitrogens is 3. The lowest BCUT2D eigenvalue weighted by Gasteiger charge is -2.12. The van der Waals surface area contributed by atoms with Crippen LogP contribution in [0, 0.1) is 6.92 Å². The van der Waals surface area contributed by atoms with E-state index >= 15 is 0 Å². The summed E-state index contributed by atoms with van der Waals surface area (Å²) in [7, 11) is 1.93. The van der Waals surface area contributed by atoms with E-state index in [0.717, 1.165) is 33.9 Å². The molecule has 1 heterocycles. The SMILES string of the molecule is Cc1nnc(COc2c(Br)cccc2CCN)n1C. The lowest BCUT2D eigenvalue weighted by atomic mass is 10.1. The van der Waals surface area contributed by atoms with E-state index in [9.17, 15) is 0 Å². The van der Waals surface area contributed by atoms with Gasteiger partial charge in [-0.1, -0.05) is 12.1 Å². The van der Waals surface area contributed by atoms with Gasteiger partial charge < -0.3 is 15.0 Å². The van der Waals surface area contributed by atoms with Crippen LogP contribution in [-0.4, -0.2) is 21.3 Å². The summed E-state index contributed by atoms with van der Waals surface area (Å²) in [6, 6.07) is 5.96. The van der Waals surface area contributed by atoms with E-state index in [1.54, 1.807) is 0 Å². The van der Waals surface area contributed by atoms with Gasteiger partial charge in [0.15, 0.2) is 5.82 Å². The Morgan fingerprint density at radius 2 is 2.16 bits per heavy atom. The third kappa shape index (κ3) is 3.13. The zero-order valence-corrected chi connectivity index (χ0v) is 12.6. The van der Waals surface area contributed by atoms with E-state index in [4.69, 9.17) is 10.5 Å². The summed E-state index contributed by atoms with van der Waals surface area (Å²) in [4.78, 5) is 0. The molecule has 0 saturated heterocycles. The first-order valence-electron chi connectivity index (χ1n) is 6.08. The molecule has 0 radical (unpaired) electrons. The third-order valence-corrected chi connectivity index (χ3v) is 3.61. The predicted octanol–water partition coefficient (Wildman–Crippen LogP) is 1.97. The molecule has 2 rings (SSSR count). The second kappa shape index (κ2) is 6.16. The van der Waals surface area contributed by atoms with Crippen molar-refractivity contribution in [3.05, 3.63) is 39.9 Å². The Kier molecular flexibility index (Phi) is 4.55. The molecule has 0 saturated carbocycles. The van der Waals surface area contributed by atoms with Crippen LogP contribution in [0.4, 0.5) is 0 Å². The van der Waals surface area contributed by atoms with Gasteiger partial charge >= 0.3 is 0 Å². The summed E-state index contributed by atoms with van der Waals surface area (Å²) >= 11 is 3.51. The molecule has 0 bridgehead atoms. The Labute approximate surface area is 120 Å². The fourth-order valence-corrected chi connectivity index (χ4v) is 2.30. The van der Waals surface area contributed by atoms with Crippen LogP contribution in [0.2, 0.25) is 0 Å². The summed E-state index contributed by atoms with van der Waals surface area (Å²) in [6.45, 7) is 2.89. The first kappa shape index (κ1) is 14.0. The number of hydrogen-bond acceptors (Lipinski definition) is 4. The van der Waals surface area contributed by atoms with Crippen LogP contribution in [0.1, 0.15) is 17.2 Å². The van der Waals surface area contributed by atoms with Gasteiger partial charge in [-0.2, -0.15) is 0 Å². The van der Waals surface area contributed by atoms with Crippen molar-refractivity contribution in [3.8, 4) is 5.75 Å². The molecular formula is C13H17BrN4O. The highest BCUT2D eigenvalue weighted by Gasteiger charge is 2.10. The number of halogens is 1. The molecule has 0 atom stereocenters. The molecule has 0 unspecified atom stereocenters. The minimum atomic E-state index is 0.386. The van der Waals surface area contributed by atoms with Gasteiger partial charge in [0.1, 0.15) is 18.2 Å². The number of aryl methyl sites for hydroxylation is 1. The summed E-state index contributed by atoms with van der Waals surface area (Å²) in [5, 5.41) is 8.09. The fraction of sp³-hybridized carbons (Fsp3) is 0.385. The van der Waals surface area contributed by atoms with Crippen molar-refractivity contribution in [1.82, 2.24) is 14.8 Å². The van der Waals surface area contributed by atoms with Crippen LogP contribution in [-0.2, 0) is 20.1 Å². The Hall–Kier alpha value is -1.40. The molecular weight excluding hydrogens is 308 g/mol. The number of benzene rings is 1. The van der Waals surface area contributed by atoms with Gasteiger partial charge in [-0.3, -0.25) is 0 Å². The van der Waals surface area contributed by atoms with Crippen LogP contribution >= 0.6 is 15.9 Å². The number of hydrogen-bond donors (Lipinski definition) is 1. The first-order chi connectivity index (χ1) is 9.13. The Balaban J connectivity index is 2.17. The maximum absolute atomic E-state index is 5.87. The molecule has 5 nitrogen and oxygen atoms in total. The van der Waals surface area contributed by atoms with E-state index in [2.05, 4.69) is 26.1 Å². The molecule has 0 spiro atoms. The second-order valence-corrected chi connectivity index (χ2v) is 5.13. The summed E-state index contributed by atoms with van der Waals surface area (Å²) in [6.07, 6.45) is 0.784. The van der Waals surface area contributed by atoms with Gasteiger partial charge in [-0.05, 0) is 47.4 Å². The molecule has 6 heteroatoms. The maximum atomic E-state index is 5.87. The Morgan fingerprint density at radius 1 is 1.37 bits per heavy atom. The molecule has 19 heavy (non-hydrogen) atoms. The van der Waals surface area contributed by atoms with Crippen LogP contribution in [0.5, 0.6) is 5.75 Å². The number of para-hydroxylation sites is 1. The van der Waals surface area contributed by atoms with Gasteiger partial charge in [0.05, 0.1) is 4.47 Å². The molecule has 102 valence electrons. The highest BCUT2D eigenvalue weighted by molar-refractivity contribution is 9.10. The highest BCUT2D eigenvalue weighted by Crippen LogP contribution is 2.29. The van der Waals surface area contributed by atoms with Crippen LogP contribution in [0.15, 0.2) is 22.7 Å². The lowest BCUT2D eigenvalue weighted by Crippen LogP contribution is -2.08. The average Bonchev–Trinajstić information content (AvgIpc) is 2.70. The standard InChI is InChI=1S/C13H17BrN4O/c1-9-16-17-12(18(9)2)8-19-13-10(6-7-15)4-3-5-11(13)14/h3-5H,6-8,15H2,1-2H3. The lowest BCUT2D eigenvalue weighted by molar-refractivity contribution is 0.286. The molecule has 1 aromatic carbocycles. The molecule has 0 amide bonds. The quantitative estimate of drug-likeness (QED) is 0.913. The number of rotatable bonds is 5. The normalized spacial score (nSPS) is 10.7. The number of nitrogens with zero attached hydrogens (tertiary/aromatic N) is 3. The monoisotopic (exact) mass is 324 g/mol. The van der Waals surface area contributed by atoms with Gasteiger partial charge in [0.2, 0.25) is 0 Å². The van der Waals surface area contributed by atoms with Crippen molar-refractivity contribution >= 4 is 15.9 Å². The van der Waals surface area contributed by atoms with Gasteiger partial charge in [-0.25, -0.2) is 0 Å². The fourth-order valence-electron chi connectivity index (χ4n) is 1.78. The average molecular weight is 325 g/mol. The Bertz CT molecular complexity index is 568. The first-order valence-corrected chi connectivity index (χ1v) is 6.88. The van der Waals surface area contributed by atoms with Gasteiger partial charge in [0, 0.05) is 7.05 Å². The minimum Gasteiger partial charge on any atom is -0.484 e.